The molecule has 0 aromatic carbocycles. The second kappa shape index (κ2) is 5.66. The van der Waals surface area contributed by atoms with Crippen molar-refractivity contribution in [3.05, 3.63) is 12.4 Å². The fraction of sp³-hybridized carbons (Fsp3) is 0.400. The molecule has 1 saturated heterocycles. The van der Waals surface area contributed by atoms with Crippen molar-refractivity contribution in [3.63, 3.8) is 0 Å². The number of methoxy groups -OCH3 is 1. The van der Waals surface area contributed by atoms with Gasteiger partial charge in [0.2, 0.25) is 5.88 Å². The van der Waals surface area contributed by atoms with Gasteiger partial charge in [0.05, 0.1) is 26.4 Å². The minimum absolute atomic E-state index is 0.00297. The average molecular weight is 265 g/mol. The topological polar surface area (TPSA) is 90.9 Å². The summed E-state index contributed by atoms with van der Waals surface area (Å²) >= 11 is 0. The van der Waals surface area contributed by atoms with Gasteiger partial charge in [0.1, 0.15) is 5.59 Å². The Morgan fingerprint density at radius 3 is 2.47 bits per heavy atom. The molecule has 1 aromatic heterocycles. The summed E-state index contributed by atoms with van der Waals surface area (Å²) < 4.78 is 15.0. The van der Waals surface area contributed by atoms with Gasteiger partial charge in [-0.3, -0.25) is 19.5 Å². The first-order valence-electron chi connectivity index (χ1n) is 5.52. The van der Waals surface area contributed by atoms with Gasteiger partial charge in [-0.15, -0.1) is 0 Å². The van der Waals surface area contributed by atoms with E-state index < -0.39 is 19.1 Å². The highest BCUT2D eigenvalue weighted by atomic mass is 16.6. The van der Waals surface area contributed by atoms with Crippen LogP contribution in [0, 0.1) is 0 Å². The minimum Gasteiger partial charge on any atom is -0.493 e. The van der Waals surface area contributed by atoms with Crippen LogP contribution >= 0.6 is 0 Å². The Balaban J connectivity index is 2.21. The first kappa shape index (κ1) is 13.3. The maximum absolute atomic E-state index is 11.6. The molecule has 0 saturated carbocycles. The fourth-order valence-corrected chi connectivity index (χ4v) is 1.53. The van der Waals surface area contributed by atoms with E-state index >= 15 is 0 Å². The first-order valence-corrected chi connectivity index (χ1v) is 5.52. The number of carbonyl (C=O) groups is 2. The summed E-state index contributed by atoms with van der Waals surface area (Å²) in [4.78, 5) is 32.5. The van der Waals surface area contributed by atoms with E-state index in [1.807, 2.05) is 0 Å². The van der Waals surface area contributed by atoms with Gasteiger partial charge < -0.3 is 14.0 Å². The van der Waals surface area contributed by atoms with Gasteiger partial charge in [0.15, 0.2) is 0 Å². The number of aromatic nitrogens is 2. The van der Waals surface area contributed by atoms with Crippen molar-refractivity contribution in [3.8, 4) is 5.88 Å². The van der Waals surface area contributed by atoms with Crippen LogP contribution in [0.3, 0.4) is 0 Å². The smallest absolute Gasteiger partial charge is 0.493 e. The van der Waals surface area contributed by atoms with Crippen molar-refractivity contribution in [2.45, 2.75) is 0 Å². The number of nitrogens with zero attached hydrogens (tertiary/aromatic N) is 3. The molecule has 0 amide bonds. The molecular formula is C10H12BN3O5. The molecule has 0 aliphatic carbocycles. The lowest BCUT2D eigenvalue weighted by molar-refractivity contribution is -0.145. The predicted octanol–water partition coefficient (Wildman–Crippen LogP) is -1.79. The van der Waals surface area contributed by atoms with E-state index in [0.717, 1.165) is 0 Å². The molecule has 8 nitrogen and oxygen atoms in total. The third-order valence-electron chi connectivity index (χ3n) is 2.36. The second-order valence-corrected chi connectivity index (χ2v) is 3.97. The third kappa shape index (κ3) is 3.41. The number of hydrogen-bond acceptors (Lipinski definition) is 8. The van der Waals surface area contributed by atoms with E-state index in [4.69, 9.17) is 14.0 Å². The molecule has 0 N–H and O–H groups in total. The number of likely N-dealkylation sites (N-methyl/N-ethyl adjacent to an activating group) is 1. The lowest BCUT2D eigenvalue weighted by Gasteiger charge is -2.22. The largest absolute Gasteiger partial charge is 0.658 e. The Morgan fingerprint density at radius 2 is 1.89 bits per heavy atom. The molecule has 1 fully saturated rings. The summed E-state index contributed by atoms with van der Waals surface area (Å²) in [5.41, 5.74) is 0.200. The molecule has 0 radical (unpaired) electrons. The molecule has 1 aliphatic heterocycles. The molecule has 0 bridgehead atoms. The van der Waals surface area contributed by atoms with Crippen LogP contribution in [0.4, 0.5) is 0 Å². The SMILES string of the molecule is COc1cncc(B2OC(=O)CN(C)CC(=O)O2)n1. The van der Waals surface area contributed by atoms with Crippen molar-refractivity contribution in [2.24, 2.45) is 0 Å². The molecule has 0 atom stereocenters. The Bertz CT molecular complexity index is 478. The summed E-state index contributed by atoms with van der Waals surface area (Å²) in [6, 6.07) is 0. The Morgan fingerprint density at radius 1 is 1.26 bits per heavy atom. The molecule has 100 valence electrons. The molecule has 19 heavy (non-hydrogen) atoms. The minimum atomic E-state index is -1.20. The average Bonchev–Trinajstić information content (AvgIpc) is 2.36. The van der Waals surface area contributed by atoms with Gasteiger partial charge >= 0.3 is 19.1 Å². The molecule has 0 spiro atoms. The summed E-state index contributed by atoms with van der Waals surface area (Å²) in [5.74, 6) is -0.780. The highest BCUT2D eigenvalue weighted by Gasteiger charge is 2.35. The van der Waals surface area contributed by atoms with Crippen molar-refractivity contribution in [1.29, 1.82) is 0 Å². The Hall–Kier alpha value is -2.16. The highest BCUT2D eigenvalue weighted by molar-refractivity contribution is 6.63. The Kier molecular flexibility index (Phi) is 3.95. The summed E-state index contributed by atoms with van der Waals surface area (Å²) in [7, 11) is 1.85. The molecule has 9 heteroatoms. The quantitative estimate of drug-likeness (QED) is 0.579. The van der Waals surface area contributed by atoms with E-state index in [2.05, 4.69) is 9.97 Å². The zero-order valence-electron chi connectivity index (χ0n) is 10.5. The highest BCUT2D eigenvalue weighted by Crippen LogP contribution is 2.03. The Labute approximate surface area is 109 Å². The zero-order chi connectivity index (χ0) is 13.8. The zero-order valence-corrected chi connectivity index (χ0v) is 10.5. The third-order valence-corrected chi connectivity index (χ3v) is 2.36. The van der Waals surface area contributed by atoms with Crippen molar-refractivity contribution < 1.29 is 23.6 Å². The van der Waals surface area contributed by atoms with Gasteiger partial charge in [-0.05, 0) is 7.05 Å². The van der Waals surface area contributed by atoms with Gasteiger partial charge in [-0.2, -0.15) is 0 Å². The molecule has 2 heterocycles. The molecule has 2 rings (SSSR count). The van der Waals surface area contributed by atoms with Crippen LogP contribution in [0.15, 0.2) is 12.4 Å². The van der Waals surface area contributed by atoms with E-state index in [1.165, 1.54) is 24.4 Å². The molecular weight excluding hydrogens is 253 g/mol. The predicted molar refractivity (Wildman–Crippen MR) is 63.7 cm³/mol. The van der Waals surface area contributed by atoms with Gasteiger partial charge in [0, 0.05) is 6.20 Å². The van der Waals surface area contributed by atoms with E-state index in [0.29, 0.717) is 0 Å². The standard InChI is InChI=1S/C10H12BN3O5/c1-14-5-9(15)18-11(19-10(16)6-14)7-3-12-4-8(13-7)17-2/h3-4H,5-6H2,1-2H3. The van der Waals surface area contributed by atoms with Crippen LogP contribution in [0.25, 0.3) is 0 Å². The van der Waals surface area contributed by atoms with Crippen LogP contribution in [0.2, 0.25) is 0 Å². The van der Waals surface area contributed by atoms with Crippen LogP contribution in [-0.2, 0) is 18.9 Å². The lowest BCUT2D eigenvalue weighted by Crippen LogP contribution is -2.48. The second-order valence-electron chi connectivity index (χ2n) is 3.97. The normalized spacial score (nSPS) is 17.3. The van der Waals surface area contributed by atoms with E-state index in [1.54, 1.807) is 7.05 Å². The van der Waals surface area contributed by atoms with Gasteiger partial charge in [0.25, 0.3) is 0 Å². The van der Waals surface area contributed by atoms with Crippen LogP contribution < -0.4 is 10.3 Å². The molecule has 0 unspecified atom stereocenters. The first-order chi connectivity index (χ1) is 9.08. The lowest BCUT2D eigenvalue weighted by atomic mass is 9.84. The number of rotatable bonds is 2. The van der Waals surface area contributed by atoms with Crippen LogP contribution in [0.5, 0.6) is 5.88 Å². The maximum Gasteiger partial charge on any atom is 0.658 e. The van der Waals surface area contributed by atoms with Crippen molar-refractivity contribution in [1.82, 2.24) is 14.9 Å². The number of ether oxygens (including phenoxy) is 1. The van der Waals surface area contributed by atoms with Gasteiger partial charge in [-0.1, -0.05) is 0 Å². The number of carbonyl (C=O) groups excluding carboxylic acids is 2. The van der Waals surface area contributed by atoms with Crippen molar-refractivity contribution in [2.75, 3.05) is 27.2 Å². The number of hydrogen-bond donors (Lipinski definition) is 0. The van der Waals surface area contributed by atoms with Crippen molar-refractivity contribution >= 4 is 24.7 Å². The van der Waals surface area contributed by atoms with E-state index in [-0.39, 0.29) is 24.6 Å². The summed E-state index contributed by atoms with van der Waals surface area (Å²) in [5, 5.41) is 0. The molecule has 1 aromatic rings. The summed E-state index contributed by atoms with van der Waals surface area (Å²) in [6.07, 6.45) is 2.74. The van der Waals surface area contributed by atoms with Crippen LogP contribution in [-0.4, -0.2) is 61.2 Å². The van der Waals surface area contributed by atoms with Gasteiger partial charge in [-0.25, -0.2) is 4.98 Å². The van der Waals surface area contributed by atoms with Crippen LogP contribution in [0.1, 0.15) is 0 Å². The van der Waals surface area contributed by atoms with E-state index in [9.17, 15) is 9.59 Å². The maximum atomic E-state index is 11.6. The summed E-state index contributed by atoms with van der Waals surface area (Å²) in [6.45, 7) is 0.00595. The molecule has 1 aliphatic rings. The fourth-order valence-electron chi connectivity index (χ4n) is 1.53. The monoisotopic (exact) mass is 265 g/mol.